The number of benzene rings is 3. The maximum Gasteiger partial charge on any atom is 0.295 e. The summed E-state index contributed by atoms with van der Waals surface area (Å²) in [6, 6.07) is 20.9. The highest BCUT2D eigenvalue weighted by atomic mass is 16.5. The number of morpholine rings is 1. The van der Waals surface area contributed by atoms with Crippen LogP contribution in [0.2, 0.25) is 0 Å². The Morgan fingerprint density at radius 3 is 2.45 bits per heavy atom. The third-order valence-electron chi connectivity index (χ3n) is 7.49. The van der Waals surface area contributed by atoms with E-state index in [4.69, 9.17) is 14.2 Å². The molecular formula is C32H34N2O6. The average molecular weight is 543 g/mol. The zero-order valence-corrected chi connectivity index (χ0v) is 22.9. The zero-order chi connectivity index (χ0) is 28.1. The lowest BCUT2D eigenvalue weighted by Crippen LogP contribution is -3.14. The Hall–Kier alpha value is -4.14. The summed E-state index contributed by atoms with van der Waals surface area (Å²) in [5.41, 5.74) is 1.67. The number of Topliss-reactive ketones (excluding diaryl/α,β-unsaturated/α-hetero) is 1. The fourth-order valence-electron chi connectivity index (χ4n) is 5.39. The number of carbonyl (C=O) groups excluding carboxylic acids is 2. The molecule has 3 aromatic carbocycles. The van der Waals surface area contributed by atoms with Crippen molar-refractivity contribution in [2.75, 3.05) is 46.5 Å². The minimum Gasteiger partial charge on any atom is -0.872 e. The SMILES string of the molecule is COc1ccc(/C([O-])=C2\C(=O)C(=O)N(CCC[NH+]3CCOCC3)C2c2cccc(Oc3ccccc3)c2)c(C)c1. The summed E-state index contributed by atoms with van der Waals surface area (Å²) in [6.07, 6.45) is 0.702. The fourth-order valence-corrected chi connectivity index (χ4v) is 5.39. The first kappa shape index (κ1) is 27.4. The van der Waals surface area contributed by atoms with Gasteiger partial charge in [0.05, 0.1) is 32.9 Å². The number of likely N-dealkylation sites (tertiary alicyclic amines) is 1. The minimum absolute atomic E-state index is 0.0335. The van der Waals surface area contributed by atoms with E-state index in [0.717, 1.165) is 32.8 Å². The number of aryl methyl sites for hydroxylation is 1. The predicted molar refractivity (Wildman–Crippen MR) is 148 cm³/mol. The van der Waals surface area contributed by atoms with Crippen LogP contribution in [0.1, 0.15) is 29.2 Å². The zero-order valence-electron chi connectivity index (χ0n) is 22.9. The van der Waals surface area contributed by atoms with Crippen molar-refractivity contribution in [2.24, 2.45) is 0 Å². The fraction of sp³-hybridized carbons (Fsp3) is 0.312. The number of para-hydroxylation sites is 1. The Morgan fingerprint density at radius 1 is 0.975 bits per heavy atom. The van der Waals surface area contributed by atoms with Gasteiger partial charge in [-0.25, -0.2) is 0 Å². The molecule has 1 unspecified atom stereocenters. The molecule has 0 saturated carbocycles. The van der Waals surface area contributed by atoms with Crippen molar-refractivity contribution < 1.29 is 33.8 Å². The molecule has 8 heteroatoms. The Morgan fingerprint density at radius 2 is 1.73 bits per heavy atom. The molecule has 0 aromatic heterocycles. The van der Waals surface area contributed by atoms with E-state index in [1.807, 2.05) is 48.5 Å². The van der Waals surface area contributed by atoms with Gasteiger partial charge in [0.25, 0.3) is 5.91 Å². The molecule has 1 N–H and O–H groups in total. The van der Waals surface area contributed by atoms with Gasteiger partial charge in [-0.1, -0.05) is 42.2 Å². The molecule has 5 rings (SSSR count). The van der Waals surface area contributed by atoms with E-state index in [-0.39, 0.29) is 5.57 Å². The van der Waals surface area contributed by atoms with E-state index in [0.29, 0.717) is 46.9 Å². The largest absolute Gasteiger partial charge is 0.872 e. The van der Waals surface area contributed by atoms with Crippen molar-refractivity contribution >= 4 is 17.4 Å². The van der Waals surface area contributed by atoms with Crippen LogP contribution in [-0.2, 0) is 14.3 Å². The van der Waals surface area contributed by atoms with Crippen LogP contribution in [-0.4, -0.2) is 63.1 Å². The number of amides is 1. The summed E-state index contributed by atoms with van der Waals surface area (Å²) < 4.78 is 16.8. The number of nitrogens with one attached hydrogen (secondary N) is 1. The van der Waals surface area contributed by atoms with E-state index in [9.17, 15) is 14.7 Å². The highest BCUT2D eigenvalue weighted by molar-refractivity contribution is 6.46. The average Bonchev–Trinajstić information content (AvgIpc) is 3.23. The summed E-state index contributed by atoms with van der Waals surface area (Å²) >= 11 is 0. The number of hydrogen-bond donors (Lipinski definition) is 1. The summed E-state index contributed by atoms with van der Waals surface area (Å²) in [6.45, 7) is 6.29. The van der Waals surface area contributed by atoms with Crippen LogP contribution < -0.4 is 19.5 Å². The van der Waals surface area contributed by atoms with Gasteiger partial charge in [0.15, 0.2) is 0 Å². The second-order valence-corrected chi connectivity index (χ2v) is 10.1. The molecule has 2 heterocycles. The first-order valence-electron chi connectivity index (χ1n) is 13.6. The number of ether oxygens (including phenoxy) is 3. The van der Waals surface area contributed by atoms with Crippen LogP contribution in [0.15, 0.2) is 78.4 Å². The predicted octanol–water partition coefficient (Wildman–Crippen LogP) is 2.33. The van der Waals surface area contributed by atoms with Gasteiger partial charge < -0.3 is 29.1 Å². The molecule has 2 aliphatic heterocycles. The standard InChI is InChI=1S/C32H34N2O6/c1-22-20-25(38-2)12-13-27(22)30(35)28-29(23-8-6-11-26(21-23)40-24-9-4-3-5-10-24)34(32(37)31(28)36)15-7-14-33-16-18-39-19-17-33/h3-6,8-13,20-21,29,35H,7,14-19H2,1-2H3/b30-28+. The summed E-state index contributed by atoms with van der Waals surface area (Å²) in [5.74, 6) is -0.0101. The van der Waals surface area contributed by atoms with Crippen molar-refractivity contribution in [1.29, 1.82) is 0 Å². The smallest absolute Gasteiger partial charge is 0.295 e. The van der Waals surface area contributed by atoms with Gasteiger partial charge in [-0.15, -0.1) is 0 Å². The minimum atomic E-state index is -0.812. The van der Waals surface area contributed by atoms with Gasteiger partial charge in [-0.3, -0.25) is 9.59 Å². The highest BCUT2D eigenvalue weighted by Gasteiger charge is 2.44. The molecule has 40 heavy (non-hydrogen) atoms. The molecule has 0 bridgehead atoms. The Bertz CT molecular complexity index is 1400. The first-order chi connectivity index (χ1) is 19.5. The van der Waals surface area contributed by atoms with Crippen molar-refractivity contribution in [1.82, 2.24) is 4.90 Å². The summed E-state index contributed by atoms with van der Waals surface area (Å²) in [4.78, 5) is 29.8. The maximum absolute atomic E-state index is 13.9. The number of nitrogens with zero attached hydrogens (tertiary/aromatic N) is 1. The van der Waals surface area contributed by atoms with Crippen LogP contribution in [0, 0.1) is 6.92 Å². The number of hydrogen-bond acceptors (Lipinski definition) is 6. The lowest BCUT2D eigenvalue weighted by atomic mass is 9.93. The lowest BCUT2D eigenvalue weighted by molar-refractivity contribution is -0.908. The van der Waals surface area contributed by atoms with Crippen LogP contribution >= 0.6 is 0 Å². The molecule has 1 amide bonds. The quantitative estimate of drug-likeness (QED) is 0.254. The second kappa shape index (κ2) is 12.4. The van der Waals surface area contributed by atoms with E-state index in [2.05, 4.69) is 0 Å². The van der Waals surface area contributed by atoms with Crippen LogP contribution in [0.3, 0.4) is 0 Å². The second-order valence-electron chi connectivity index (χ2n) is 10.1. The molecule has 2 fully saturated rings. The number of methoxy groups -OCH3 is 1. The molecule has 2 aliphatic rings. The normalized spacial score (nSPS) is 19.1. The third-order valence-corrected chi connectivity index (χ3v) is 7.49. The lowest BCUT2D eigenvalue weighted by Gasteiger charge is -2.29. The monoisotopic (exact) mass is 542 g/mol. The van der Waals surface area contributed by atoms with Gasteiger partial charge in [-0.05, 0) is 60.0 Å². The van der Waals surface area contributed by atoms with Crippen LogP contribution in [0.5, 0.6) is 17.2 Å². The molecule has 8 nitrogen and oxygen atoms in total. The maximum atomic E-state index is 13.9. The van der Waals surface area contributed by atoms with Gasteiger partial charge in [0, 0.05) is 18.5 Å². The Kier molecular flexibility index (Phi) is 8.48. The first-order valence-corrected chi connectivity index (χ1v) is 13.6. The van der Waals surface area contributed by atoms with Crippen molar-refractivity contribution in [3.63, 3.8) is 0 Å². The number of rotatable bonds is 9. The topological polar surface area (TPSA) is 92.6 Å². The summed E-state index contributed by atoms with van der Waals surface area (Å²) in [7, 11) is 1.56. The van der Waals surface area contributed by atoms with Crippen molar-refractivity contribution in [2.45, 2.75) is 19.4 Å². The molecule has 3 aromatic rings. The molecule has 2 saturated heterocycles. The van der Waals surface area contributed by atoms with E-state index in [1.165, 1.54) is 4.90 Å². The third kappa shape index (κ3) is 5.88. The molecular weight excluding hydrogens is 508 g/mol. The van der Waals surface area contributed by atoms with Gasteiger partial charge in [0.2, 0.25) is 5.78 Å². The van der Waals surface area contributed by atoms with Gasteiger partial charge in [0.1, 0.15) is 30.3 Å². The van der Waals surface area contributed by atoms with E-state index >= 15 is 0 Å². The number of quaternary nitrogens is 1. The van der Waals surface area contributed by atoms with Gasteiger partial charge >= 0.3 is 0 Å². The van der Waals surface area contributed by atoms with E-state index < -0.39 is 23.5 Å². The Labute approximate surface area is 234 Å². The molecule has 1 atom stereocenters. The number of carbonyl (C=O) groups is 2. The van der Waals surface area contributed by atoms with E-state index in [1.54, 1.807) is 43.2 Å². The molecule has 208 valence electrons. The van der Waals surface area contributed by atoms with Crippen molar-refractivity contribution in [3.05, 3.63) is 95.1 Å². The molecule has 0 aliphatic carbocycles. The molecule has 0 spiro atoms. The van der Waals surface area contributed by atoms with Crippen LogP contribution in [0.25, 0.3) is 5.76 Å². The number of ketones is 1. The van der Waals surface area contributed by atoms with Gasteiger partial charge in [-0.2, -0.15) is 0 Å². The molecule has 0 radical (unpaired) electrons. The summed E-state index contributed by atoms with van der Waals surface area (Å²) in [5, 5.41) is 13.9. The van der Waals surface area contributed by atoms with Crippen molar-refractivity contribution in [3.8, 4) is 17.2 Å². The highest BCUT2D eigenvalue weighted by Crippen LogP contribution is 2.40. The van der Waals surface area contributed by atoms with Crippen LogP contribution in [0.4, 0.5) is 0 Å². The Balaban J connectivity index is 1.51.